The van der Waals surface area contributed by atoms with Gasteiger partial charge in [0.15, 0.2) is 5.58 Å². The van der Waals surface area contributed by atoms with Crippen LogP contribution in [0.15, 0.2) is 63.8 Å². The summed E-state index contributed by atoms with van der Waals surface area (Å²) < 4.78 is 12.1. The third-order valence-electron chi connectivity index (χ3n) is 4.76. The predicted octanol–water partition coefficient (Wildman–Crippen LogP) is 3.14. The molecule has 0 saturated heterocycles. The van der Waals surface area contributed by atoms with Gasteiger partial charge in [-0.25, -0.2) is 4.79 Å². The Balaban J connectivity index is 1.75. The SMILES string of the molecule is CCN(CC)C(=O)[C@H](OC(=O)CCn1c(=O)oc2ccccc21)c1ccccc1. The van der Waals surface area contributed by atoms with Crippen LogP contribution in [0, 0.1) is 0 Å². The first kappa shape index (κ1) is 20.4. The molecule has 2 aromatic carbocycles. The number of esters is 1. The highest BCUT2D eigenvalue weighted by Crippen LogP contribution is 2.21. The number of oxazole rings is 1. The highest BCUT2D eigenvalue weighted by atomic mass is 16.5. The van der Waals surface area contributed by atoms with Crippen LogP contribution in [-0.4, -0.2) is 34.4 Å². The van der Waals surface area contributed by atoms with Crippen molar-refractivity contribution in [2.24, 2.45) is 0 Å². The molecule has 1 atom stereocenters. The van der Waals surface area contributed by atoms with Crippen molar-refractivity contribution in [2.45, 2.75) is 32.9 Å². The van der Waals surface area contributed by atoms with E-state index in [1.165, 1.54) is 4.57 Å². The zero-order chi connectivity index (χ0) is 20.8. The van der Waals surface area contributed by atoms with E-state index in [4.69, 9.17) is 9.15 Å². The molecule has 0 aliphatic heterocycles. The van der Waals surface area contributed by atoms with Gasteiger partial charge < -0.3 is 14.1 Å². The third kappa shape index (κ3) is 4.56. The molecule has 7 heteroatoms. The van der Waals surface area contributed by atoms with Crippen molar-refractivity contribution < 1.29 is 18.7 Å². The molecule has 0 radical (unpaired) electrons. The summed E-state index contributed by atoms with van der Waals surface area (Å²) in [5.74, 6) is -1.35. The molecule has 0 saturated carbocycles. The van der Waals surface area contributed by atoms with Gasteiger partial charge in [-0.2, -0.15) is 0 Å². The van der Waals surface area contributed by atoms with E-state index in [9.17, 15) is 14.4 Å². The molecule has 1 heterocycles. The minimum atomic E-state index is -1.01. The fourth-order valence-corrected chi connectivity index (χ4v) is 3.21. The summed E-state index contributed by atoms with van der Waals surface area (Å²) in [5.41, 5.74) is 1.69. The van der Waals surface area contributed by atoms with Gasteiger partial charge in [-0.3, -0.25) is 14.2 Å². The quantitative estimate of drug-likeness (QED) is 0.547. The van der Waals surface area contributed by atoms with Crippen LogP contribution in [-0.2, 0) is 20.9 Å². The molecule has 1 aromatic heterocycles. The molecule has 0 fully saturated rings. The second-order valence-electron chi connectivity index (χ2n) is 6.53. The molecule has 0 bridgehead atoms. The number of hydrogen-bond donors (Lipinski definition) is 0. The summed E-state index contributed by atoms with van der Waals surface area (Å²) in [4.78, 5) is 39.1. The number of benzene rings is 2. The Bertz CT molecular complexity index is 1030. The number of likely N-dealkylation sites (N-methyl/N-ethyl adjacent to an activating group) is 1. The molecule has 0 aliphatic carbocycles. The number of ether oxygens (including phenoxy) is 1. The van der Waals surface area contributed by atoms with Crippen LogP contribution < -0.4 is 5.76 Å². The largest absolute Gasteiger partial charge is 0.447 e. The highest BCUT2D eigenvalue weighted by Gasteiger charge is 2.28. The first-order valence-electron chi connectivity index (χ1n) is 9.66. The topological polar surface area (TPSA) is 81.8 Å². The normalized spacial score (nSPS) is 11.9. The molecule has 152 valence electrons. The maximum absolute atomic E-state index is 12.9. The van der Waals surface area contributed by atoms with Gasteiger partial charge in [-0.15, -0.1) is 0 Å². The average Bonchev–Trinajstić information content (AvgIpc) is 3.06. The highest BCUT2D eigenvalue weighted by molar-refractivity contribution is 5.85. The number of aromatic nitrogens is 1. The van der Waals surface area contributed by atoms with Crippen molar-refractivity contribution >= 4 is 23.0 Å². The van der Waals surface area contributed by atoms with Gasteiger partial charge in [0.05, 0.1) is 11.9 Å². The maximum atomic E-state index is 12.9. The summed E-state index contributed by atoms with van der Waals surface area (Å²) in [6, 6.07) is 15.9. The van der Waals surface area contributed by atoms with E-state index < -0.39 is 17.8 Å². The third-order valence-corrected chi connectivity index (χ3v) is 4.76. The molecule has 0 unspecified atom stereocenters. The fourth-order valence-electron chi connectivity index (χ4n) is 3.21. The lowest BCUT2D eigenvalue weighted by Gasteiger charge is -2.25. The van der Waals surface area contributed by atoms with E-state index in [1.807, 2.05) is 19.9 Å². The molecular formula is C22H24N2O5. The Morgan fingerprint density at radius 1 is 1.03 bits per heavy atom. The molecule has 3 rings (SSSR count). The average molecular weight is 396 g/mol. The van der Waals surface area contributed by atoms with Crippen LogP contribution in [0.1, 0.15) is 31.9 Å². The Kier molecular flexibility index (Phi) is 6.49. The number of carbonyl (C=O) groups is 2. The smallest absolute Gasteiger partial charge is 0.419 e. The minimum absolute atomic E-state index is 0.0572. The summed E-state index contributed by atoms with van der Waals surface area (Å²) in [6.07, 6.45) is -1.07. The van der Waals surface area contributed by atoms with Crippen molar-refractivity contribution in [1.29, 1.82) is 0 Å². The zero-order valence-corrected chi connectivity index (χ0v) is 16.5. The first-order chi connectivity index (χ1) is 14.0. The Morgan fingerprint density at radius 3 is 2.38 bits per heavy atom. The maximum Gasteiger partial charge on any atom is 0.419 e. The van der Waals surface area contributed by atoms with E-state index in [0.29, 0.717) is 29.8 Å². The van der Waals surface area contributed by atoms with Crippen molar-refractivity contribution in [3.8, 4) is 0 Å². The van der Waals surface area contributed by atoms with Crippen LogP contribution in [0.3, 0.4) is 0 Å². The van der Waals surface area contributed by atoms with Gasteiger partial charge in [0.1, 0.15) is 0 Å². The van der Waals surface area contributed by atoms with Crippen LogP contribution in [0.2, 0.25) is 0 Å². The number of para-hydroxylation sites is 2. The van der Waals surface area contributed by atoms with E-state index in [-0.39, 0.29) is 18.9 Å². The van der Waals surface area contributed by atoms with Gasteiger partial charge in [-0.05, 0) is 26.0 Å². The Morgan fingerprint density at radius 2 is 1.69 bits per heavy atom. The van der Waals surface area contributed by atoms with Gasteiger partial charge in [0, 0.05) is 25.2 Å². The first-order valence-corrected chi connectivity index (χ1v) is 9.66. The summed E-state index contributed by atoms with van der Waals surface area (Å²) in [6.45, 7) is 4.90. The van der Waals surface area contributed by atoms with Crippen molar-refractivity contribution in [3.05, 3.63) is 70.7 Å². The molecule has 0 N–H and O–H groups in total. The summed E-state index contributed by atoms with van der Waals surface area (Å²) in [7, 11) is 0. The lowest BCUT2D eigenvalue weighted by atomic mass is 10.1. The monoisotopic (exact) mass is 396 g/mol. The van der Waals surface area contributed by atoms with Crippen LogP contribution in [0.5, 0.6) is 0 Å². The minimum Gasteiger partial charge on any atom is -0.447 e. The number of carbonyl (C=O) groups excluding carboxylic acids is 2. The molecule has 1 amide bonds. The molecule has 0 spiro atoms. The Labute approximate surface area is 168 Å². The second kappa shape index (κ2) is 9.23. The molecule has 0 aliphatic rings. The van der Waals surface area contributed by atoms with E-state index in [1.54, 1.807) is 53.4 Å². The van der Waals surface area contributed by atoms with E-state index >= 15 is 0 Å². The van der Waals surface area contributed by atoms with E-state index in [2.05, 4.69) is 0 Å². The Hall–Kier alpha value is -3.35. The van der Waals surface area contributed by atoms with Crippen LogP contribution >= 0.6 is 0 Å². The number of fused-ring (bicyclic) bond motifs is 1. The molecule has 3 aromatic rings. The number of hydrogen-bond acceptors (Lipinski definition) is 5. The summed E-state index contributed by atoms with van der Waals surface area (Å²) in [5, 5.41) is 0. The van der Waals surface area contributed by atoms with Gasteiger partial charge in [0.25, 0.3) is 5.91 Å². The van der Waals surface area contributed by atoms with Crippen molar-refractivity contribution in [2.75, 3.05) is 13.1 Å². The molecular weight excluding hydrogens is 372 g/mol. The van der Waals surface area contributed by atoms with Gasteiger partial charge >= 0.3 is 11.7 Å². The lowest BCUT2D eigenvalue weighted by molar-refractivity contribution is -0.161. The van der Waals surface area contributed by atoms with Crippen LogP contribution in [0.25, 0.3) is 11.1 Å². The lowest BCUT2D eigenvalue weighted by Crippen LogP contribution is -2.36. The summed E-state index contributed by atoms with van der Waals surface area (Å²) >= 11 is 0. The zero-order valence-electron chi connectivity index (χ0n) is 16.5. The van der Waals surface area contributed by atoms with Crippen molar-refractivity contribution in [1.82, 2.24) is 9.47 Å². The van der Waals surface area contributed by atoms with Gasteiger partial charge in [-0.1, -0.05) is 42.5 Å². The number of amides is 1. The van der Waals surface area contributed by atoms with E-state index in [0.717, 1.165) is 0 Å². The van der Waals surface area contributed by atoms with Gasteiger partial charge in [0.2, 0.25) is 6.10 Å². The molecule has 7 nitrogen and oxygen atoms in total. The van der Waals surface area contributed by atoms with Crippen molar-refractivity contribution in [3.63, 3.8) is 0 Å². The standard InChI is InChI=1S/C22H24N2O5/c1-3-23(4-2)21(26)20(16-10-6-5-7-11-16)29-19(25)14-15-24-17-12-8-9-13-18(17)28-22(24)27/h5-13,20H,3-4,14-15H2,1-2H3/t20-/m1/s1. The number of rotatable bonds is 8. The number of aryl methyl sites for hydroxylation is 1. The number of nitrogens with zero attached hydrogens (tertiary/aromatic N) is 2. The second-order valence-corrected chi connectivity index (χ2v) is 6.53. The van der Waals surface area contributed by atoms with Crippen LogP contribution in [0.4, 0.5) is 0 Å². The fraction of sp³-hybridized carbons (Fsp3) is 0.318. The predicted molar refractivity (Wildman–Crippen MR) is 108 cm³/mol. The molecule has 29 heavy (non-hydrogen) atoms.